The van der Waals surface area contributed by atoms with Gasteiger partial charge in [0.25, 0.3) is 0 Å². The highest BCUT2D eigenvalue weighted by atomic mass is 16.2. The maximum atomic E-state index is 12.7. The summed E-state index contributed by atoms with van der Waals surface area (Å²) in [6.45, 7) is 10.8. The Kier molecular flexibility index (Phi) is 3.63. The van der Waals surface area contributed by atoms with Crippen molar-refractivity contribution in [3.63, 3.8) is 0 Å². The van der Waals surface area contributed by atoms with Gasteiger partial charge in [-0.15, -0.1) is 0 Å². The quantitative estimate of drug-likeness (QED) is 0.843. The van der Waals surface area contributed by atoms with Crippen LogP contribution in [-0.4, -0.2) is 34.8 Å². The number of carbonyl (C=O) groups is 2. The molecule has 0 bridgehead atoms. The minimum absolute atomic E-state index is 0.00672. The molecule has 2 amide bonds. The predicted molar refractivity (Wildman–Crippen MR) is 74.4 cm³/mol. The first-order chi connectivity index (χ1) is 8.80. The summed E-state index contributed by atoms with van der Waals surface area (Å²) in [5.74, 6) is 1.52. The van der Waals surface area contributed by atoms with Crippen LogP contribution in [0, 0.1) is 17.8 Å². The lowest BCUT2D eigenvalue weighted by atomic mass is 9.88. The Morgan fingerprint density at radius 3 is 2.42 bits per heavy atom. The zero-order chi connectivity index (χ0) is 14.4. The van der Waals surface area contributed by atoms with Gasteiger partial charge in [0.15, 0.2) is 0 Å². The Balaban J connectivity index is 2.24. The maximum Gasteiger partial charge on any atom is 0.248 e. The van der Waals surface area contributed by atoms with E-state index in [-0.39, 0.29) is 23.8 Å². The Labute approximate surface area is 115 Å². The summed E-state index contributed by atoms with van der Waals surface area (Å²) >= 11 is 0. The average Bonchev–Trinajstić information content (AvgIpc) is 3.01. The van der Waals surface area contributed by atoms with Crippen LogP contribution in [0.2, 0.25) is 0 Å². The van der Waals surface area contributed by atoms with E-state index in [1.165, 1.54) is 6.42 Å². The summed E-state index contributed by atoms with van der Waals surface area (Å²) in [6, 6.07) is -0.306. The van der Waals surface area contributed by atoms with Crippen molar-refractivity contribution < 1.29 is 9.59 Å². The van der Waals surface area contributed by atoms with Gasteiger partial charge in [-0.05, 0) is 37.5 Å². The molecule has 1 heterocycles. The van der Waals surface area contributed by atoms with E-state index in [1.807, 2.05) is 32.6 Å². The van der Waals surface area contributed by atoms with Crippen molar-refractivity contribution in [3.05, 3.63) is 0 Å². The number of carbonyl (C=O) groups excluding carboxylic acids is 2. The van der Waals surface area contributed by atoms with E-state index < -0.39 is 5.54 Å². The van der Waals surface area contributed by atoms with Crippen molar-refractivity contribution in [2.45, 2.75) is 59.0 Å². The summed E-state index contributed by atoms with van der Waals surface area (Å²) in [6.07, 6.45) is 1.82. The predicted octanol–water partition coefficient (Wildman–Crippen LogP) is 1.79. The van der Waals surface area contributed by atoms with E-state index in [4.69, 9.17) is 0 Å². The molecule has 0 radical (unpaired) electrons. The maximum absolute atomic E-state index is 12.7. The summed E-state index contributed by atoms with van der Waals surface area (Å²) in [4.78, 5) is 26.9. The molecule has 0 aromatic rings. The van der Waals surface area contributed by atoms with Gasteiger partial charge in [0.2, 0.25) is 11.8 Å². The third-order valence-electron chi connectivity index (χ3n) is 4.78. The molecule has 1 aliphatic carbocycles. The number of nitrogens with one attached hydrogen (secondary N) is 1. The van der Waals surface area contributed by atoms with Crippen LogP contribution in [-0.2, 0) is 9.59 Å². The molecule has 1 N–H and O–H groups in total. The van der Waals surface area contributed by atoms with E-state index >= 15 is 0 Å². The van der Waals surface area contributed by atoms with E-state index in [2.05, 4.69) is 12.2 Å². The third kappa shape index (κ3) is 2.49. The molecular formula is C15H26N2O2. The third-order valence-corrected chi connectivity index (χ3v) is 4.78. The van der Waals surface area contributed by atoms with Crippen molar-refractivity contribution in [2.75, 3.05) is 6.54 Å². The van der Waals surface area contributed by atoms with Gasteiger partial charge < -0.3 is 10.2 Å². The van der Waals surface area contributed by atoms with Gasteiger partial charge in [-0.3, -0.25) is 9.59 Å². The molecule has 2 fully saturated rings. The van der Waals surface area contributed by atoms with Gasteiger partial charge in [-0.2, -0.15) is 0 Å². The Hall–Kier alpha value is -1.06. The largest absolute Gasteiger partial charge is 0.340 e. The van der Waals surface area contributed by atoms with Gasteiger partial charge >= 0.3 is 0 Å². The van der Waals surface area contributed by atoms with E-state index in [9.17, 15) is 9.59 Å². The minimum Gasteiger partial charge on any atom is -0.340 e. The van der Waals surface area contributed by atoms with Crippen LogP contribution >= 0.6 is 0 Å². The van der Waals surface area contributed by atoms with Crippen molar-refractivity contribution in [2.24, 2.45) is 17.8 Å². The van der Waals surface area contributed by atoms with Crippen LogP contribution in [0.1, 0.15) is 47.5 Å². The highest BCUT2D eigenvalue weighted by molar-refractivity contribution is 5.99. The number of nitrogens with zero attached hydrogens (tertiary/aromatic N) is 1. The highest BCUT2D eigenvalue weighted by Gasteiger charge is 2.49. The number of rotatable bonds is 4. The molecule has 4 atom stereocenters. The second-order valence-corrected chi connectivity index (χ2v) is 6.79. The molecule has 0 spiro atoms. The molecule has 1 saturated heterocycles. The first-order valence-corrected chi connectivity index (χ1v) is 7.43. The Morgan fingerprint density at radius 2 is 2.00 bits per heavy atom. The fraction of sp³-hybridized carbons (Fsp3) is 0.867. The molecule has 1 aliphatic heterocycles. The van der Waals surface area contributed by atoms with Gasteiger partial charge in [0, 0.05) is 6.54 Å². The molecule has 19 heavy (non-hydrogen) atoms. The van der Waals surface area contributed by atoms with Crippen LogP contribution in [0.15, 0.2) is 0 Å². The van der Waals surface area contributed by atoms with Crippen molar-refractivity contribution in [1.29, 1.82) is 0 Å². The Morgan fingerprint density at radius 1 is 1.42 bits per heavy atom. The number of piperazine rings is 1. The smallest absolute Gasteiger partial charge is 0.248 e. The second kappa shape index (κ2) is 4.80. The van der Waals surface area contributed by atoms with Crippen LogP contribution in [0.3, 0.4) is 0 Å². The lowest BCUT2D eigenvalue weighted by Gasteiger charge is -2.45. The summed E-state index contributed by atoms with van der Waals surface area (Å²) in [5, 5.41) is 2.93. The lowest BCUT2D eigenvalue weighted by Crippen LogP contribution is -2.70. The van der Waals surface area contributed by atoms with E-state index in [1.54, 1.807) is 0 Å². The number of amides is 2. The lowest BCUT2D eigenvalue weighted by molar-refractivity contribution is -0.156. The summed E-state index contributed by atoms with van der Waals surface area (Å²) in [7, 11) is 0. The van der Waals surface area contributed by atoms with Gasteiger partial charge in [-0.1, -0.05) is 27.7 Å². The van der Waals surface area contributed by atoms with Crippen molar-refractivity contribution in [1.82, 2.24) is 10.2 Å². The standard InChI is InChI=1S/C15H26N2O2/c1-6-15(5)14(19)17(8-11-7-10(11)4)12(9(2)3)13(18)16-15/h9-12H,6-8H2,1-5H3,(H,16,18). The van der Waals surface area contributed by atoms with Gasteiger partial charge in [-0.25, -0.2) is 0 Å². The van der Waals surface area contributed by atoms with Crippen LogP contribution in [0.4, 0.5) is 0 Å². The van der Waals surface area contributed by atoms with E-state index in [0.717, 1.165) is 6.54 Å². The topological polar surface area (TPSA) is 49.4 Å². The normalized spacial score (nSPS) is 38.6. The van der Waals surface area contributed by atoms with Crippen LogP contribution in [0.25, 0.3) is 0 Å². The molecule has 4 unspecified atom stereocenters. The monoisotopic (exact) mass is 266 g/mol. The van der Waals surface area contributed by atoms with Gasteiger partial charge in [0.1, 0.15) is 11.6 Å². The zero-order valence-corrected chi connectivity index (χ0v) is 12.7. The highest BCUT2D eigenvalue weighted by Crippen LogP contribution is 2.40. The molecule has 4 nitrogen and oxygen atoms in total. The molecule has 4 heteroatoms. The Bertz CT molecular complexity index is 394. The number of hydrogen-bond acceptors (Lipinski definition) is 2. The van der Waals surface area contributed by atoms with E-state index in [0.29, 0.717) is 18.3 Å². The summed E-state index contributed by atoms with van der Waals surface area (Å²) < 4.78 is 0. The van der Waals surface area contributed by atoms with Crippen molar-refractivity contribution >= 4 is 11.8 Å². The molecule has 108 valence electrons. The number of hydrogen-bond donors (Lipinski definition) is 1. The van der Waals surface area contributed by atoms with Gasteiger partial charge in [0.05, 0.1) is 0 Å². The minimum atomic E-state index is -0.722. The molecule has 0 aromatic heterocycles. The fourth-order valence-electron chi connectivity index (χ4n) is 2.99. The first-order valence-electron chi connectivity index (χ1n) is 7.43. The zero-order valence-electron chi connectivity index (χ0n) is 12.7. The van der Waals surface area contributed by atoms with Crippen LogP contribution < -0.4 is 5.32 Å². The van der Waals surface area contributed by atoms with Crippen molar-refractivity contribution in [3.8, 4) is 0 Å². The van der Waals surface area contributed by atoms with Crippen LogP contribution in [0.5, 0.6) is 0 Å². The first kappa shape index (κ1) is 14.4. The molecular weight excluding hydrogens is 240 g/mol. The molecule has 2 aliphatic rings. The molecule has 1 saturated carbocycles. The average molecular weight is 266 g/mol. The molecule has 2 rings (SSSR count). The second-order valence-electron chi connectivity index (χ2n) is 6.79. The summed E-state index contributed by atoms with van der Waals surface area (Å²) in [5.41, 5.74) is -0.722. The SMILES string of the molecule is CCC1(C)NC(=O)C(C(C)C)N(CC2CC2C)C1=O. The molecule has 0 aromatic carbocycles. The fourth-order valence-corrected chi connectivity index (χ4v) is 2.99.